The van der Waals surface area contributed by atoms with Gasteiger partial charge in [-0.3, -0.25) is 4.90 Å². The summed E-state index contributed by atoms with van der Waals surface area (Å²) in [6.45, 7) is 8.26. The number of ether oxygens (including phenoxy) is 1. The van der Waals surface area contributed by atoms with Gasteiger partial charge in [0, 0.05) is 44.5 Å². The van der Waals surface area contributed by atoms with Crippen LogP contribution in [0.5, 0.6) is 0 Å². The van der Waals surface area contributed by atoms with Crippen molar-refractivity contribution in [1.82, 2.24) is 4.90 Å². The number of aliphatic hydroxyl groups is 1. The second-order valence-corrected chi connectivity index (χ2v) is 6.67. The van der Waals surface area contributed by atoms with Crippen molar-refractivity contribution in [3.63, 3.8) is 0 Å². The van der Waals surface area contributed by atoms with E-state index in [0.717, 1.165) is 45.8 Å². The molecule has 1 aromatic rings. The Balaban J connectivity index is 1.60. The molecule has 2 saturated heterocycles. The Morgan fingerprint density at radius 1 is 1.14 bits per heavy atom. The van der Waals surface area contributed by atoms with Crippen molar-refractivity contribution in [2.75, 3.05) is 44.4 Å². The minimum Gasteiger partial charge on any atom is -0.396 e. The standard InChI is InChI=1S/C18H28N2O2/c1-15-2-3-17(14-21)13-20(15)12-16-4-6-18(7-5-16)19-8-10-22-11-9-19/h4-7,15,17,21H,2-3,8-14H2,1H3. The van der Waals surface area contributed by atoms with Crippen LogP contribution in [0.15, 0.2) is 24.3 Å². The summed E-state index contributed by atoms with van der Waals surface area (Å²) >= 11 is 0. The lowest BCUT2D eigenvalue weighted by Gasteiger charge is -2.37. The van der Waals surface area contributed by atoms with E-state index in [0.29, 0.717) is 18.6 Å². The first-order valence-corrected chi connectivity index (χ1v) is 8.53. The van der Waals surface area contributed by atoms with Gasteiger partial charge in [0.25, 0.3) is 0 Å². The van der Waals surface area contributed by atoms with E-state index in [1.165, 1.54) is 17.7 Å². The third-order valence-corrected chi connectivity index (χ3v) is 5.07. The summed E-state index contributed by atoms with van der Waals surface area (Å²) in [5, 5.41) is 9.40. The van der Waals surface area contributed by atoms with E-state index < -0.39 is 0 Å². The summed E-state index contributed by atoms with van der Waals surface area (Å²) in [6, 6.07) is 9.58. The van der Waals surface area contributed by atoms with E-state index >= 15 is 0 Å². The van der Waals surface area contributed by atoms with Crippen LogP contribution >= 0.6 is 0 Å². The molecule has 122 valence electrons. The first-order valence-electron chi connectivity index (χ1n) is 8.53. The number of morpholine rings is 1. The van der Waals surface area contributed by atoms with E-state index in [1.807, 2.05) is 0 Å². The molecule has 2 atom stereocenters. The fourth-order valence-corrected chi connectivity index (χ4v) is 3.50. The van der Waals surface area contributed by atoms with E-state index in [2.05, 4.69) is 41.0 Å². The highest BCUT2D eigenvalue weighted by atomic mass is 16.5. The quantitative estimate of drug-likeness (QED) is 0.924. The molecule has 0 amide bonds. The minimum atomic E-state index is 0.319. The second kappa shape index (κ2) is 7.44. The van der Waals surface area contributed by atoms with Gasteiger partial charge in [0.2, 0.25) is 0 Å². The van der Waals surface area contributed by atoms with Gasteiger partial charge < -0.3 is 14.7 Å². The van der Waals surface area contributed by atoms with Gasteiger partial charge in [-0.25, -0.2) is 0 Å². The van der Waals surface area contributed by atoms with Crippen LogP contribution < -0.4 is 4.90 Å². The van der Waals surface area contributed by atoms with Crippen molar-refractivity contribution in [1.29, 1.82) is 0 Å². The molecule has 0 spiro atoms. The number of anilines is 1. The van der Waals surface area contributed by atoms with Gasteiger partial charge in [-0.05, 0) is 43.4 Å². The molecule has 2 heterocycles. The predicted octanol–water partition coefficient (Wildman–Crippen LogP) is 2.12. The highest BCUT2D eigenvalue weighted by Gasteiger charge is 2.24. The van der Waals surface area contributed by atoms with Gasteiger partial charge in [-0.15, -0.1) is 0 Å². The summed E-state index contributed by atoms with van der Waals surface area (Å²) in [6.07, 6.45) is 2.35. The third-order valence-electron chi connectivity index (χ3n) is 5.07. The molecule has 0 bridgehead atoms. The molecule has 1 N–H and O–H groups in total. The minimum absolute atomic E-state index is 0.319. The Morgan fingerprint density at radius 2 is 1.86 bits per heavy atom. The van der Waals surface area contributed by atoms with Crippen LogP contribution in [0.3, 0.4) is 0 Å². The topological polar surface area (TPSA) is 35.9 Å². The molecule has 2 aliphatic heterocycles. The van der Waals surface area contributed by atoms with Crippen LogP contribution in [0.4, 0.5) is 5.69 Å². The van der Waals surface area contributed by atoms with Crippen LogP contribution in [0.25, 0.3) is 0 Å². The summed E-state index contributed by atoms with van der Waals surface area (Å²) in [5.74, 6) is 0.448. The molecule has 2 unspecified atom stereocenters. The molecular weight excluding hydrogens is 276 g/mol. The van der Waals surface area contributed by atoms with Crippen molar-refractivity contribution in [2.45, 2.75) is 32.4 Å². The number of aliphatic hydroxyl groups excluding tert-OH is 1. The van der Waals surface area contributed by atoms with Crippen molar-refractivity contribution >= 4 is 5.69 Å². The molecule has 1 aromatic carbocycles. The predicted molar refractivity (Wildman–Crippen MR) is 89.2 cm³/mol. The smallest absolute Gasteiger partial charge is 0.0642 e. The number of rotatable bonds is 4. The van der Waals surface area contributed by atoms with Crippen LogP contribution in [-0.4, -0.2) is 55.5 Å². The highest BCUT2D eigenvalue weighted by Crippen LogP contribution is 2.24. The summed E-state index contributed by atoms with van der Waals surface area (Å²) in [4.78, 5) is 4.90. The molecule has 0 radical (unpaired) electrons. The molecular formula is C18H28N2O2. The van der Waals surface area contributed by atoms with Crippen molar-refractivity contribution in [3.8, 4) is 0 Å². The molecule has 4 heteroatoms. The molecule has 0 saturated carbocycles. The summed E-state index contributed by atoms with van der Waals surface area (Å²) in [7, 11) is 0. The Labute approximate surface area is 133 Å². The Bertz CT molecular complexity index is 457. The Kier molecular flexibility index (Phi) is 5.34. The first-order chi connectivity index (χ1) is 10.8. The maximum Gasteiger partial charge on any atom is 0.0642 e. The fourth-order valence-electron chi connectivity index (χ4n) is 3.50. The van der Waals surface area contributed by atoms with Crippen molar-refractivity contribution in [2.24, 2.45) is 5.92 Å². The zero-order valence-electron chi connectivity index (χ0n) is 13.6. The normalized spacial score (nSPS) is 27.1. The third kappa shape index (κ3) is 3.80. The first kappa shape index (κ1) is 15.8. The maximum absolute atomic E-state index is 9.40. The lowest BCUT2D eigenvalue weighted by atomic mass is 9.93. The molecule has 22 heavy (non-hydrogen) atoms. The zero-order valence-corrected chi connectivity index (χ0v) is 13.6. The van der Waals surface area contributed by atoms with E-state index in [1.54, 1.807) is 0 Å². The fraction of sp³-hybridized carbons (Fsp3) is 0.667. The molecule has 2 aliphatic rings. The average Bonchev–Trinajstić information content (AvgIpc) is 2.58. The van der Waals surface area contributed by atoms with E-state index in [4.69, 9.17) is 4.74 Å². The lowest BCUT2D eigenvalue weighted by molar-refractivity contribution is 0.0771. The Morgan fingerprint density at radius 3 is 2.55 bits per heavy atom. The Hall–Kier alpha value is -1.10. The van der Waals surface area contributed by atoms with Gasteiger partial charge >= 0.3 is 0 Å². The largest absolute Gasteiger partial charge is 0.396 e. The number of hydrogen-bond acceptors (Lipinski definition) is 4. The number of hydrogen-bond donors (Lipinski definition) is 1. The molecule has 4 nitrogen and oxygen atoms in total. The van der Waals surface area contributed by atoms with Crippen molar-refractivity contribution in [3.05, 3.63) is 29.8 Å². The molecule has 3 rings (SSSR count). The van der Waals surface area contributed by atoms with E-state index in [-0.39, 0.29) is 0 Å². The van der Waals surface area contributed by atoms with Crippen LogP contribution in [0.2, 0.25) is 0 Å². The van der Waals surface area contributed by atoms with Gasteiger partial charge in [0.05, 0.1) is 13.2 Å². The summed E-state index contributed by atoms with van der Waals surface area (Å²) < 4.78 is 5.41. The van der Waals surface area contributed by atoms with Crippen LogP contribution in [0, 0.1) is 5.92 Å². The second-order valence-electron chi connectivity index (χ2n) is 6.67. The van der Waals surface area contributed by atoms with Gasteiger partial charge in [0.1, 0.15) is 0 Å². The molecule has 0 aliphatic carbocycles. The number of nitrogens with zero attached hydrogens (tertiary/aromatic N) is 2. The number of likely N-dealkylation sites (tertiary alicyclic amines) is 1. The van der Waals surface area contributed by atoms with Gasteiger partial charge in [0.15, 0.2) is 0 Å². The molecule has 2 fully saturated rings. The van der Waals surface area contributed by atoms with E-state index in [9.17, 15) is 5.11 Å². The van der Waals surface area contributed by atoms with Crippen molar-refractivity contribution < 1.29 is 9.84 Å². The lowest BCUT2D eigenvalue weighted by Crippen LogP contribution is -2.42. The SMILES string of the molecule is CC1CCC(CO)CN1Cc1ccc(N2CCOCC2)cc1. The zero-order chi connectivity index (χ0) is 15.4. The average molecular weight is 304 g/mol. The van der Waals surface area contributed by atoms with Crippen LogP contribution in [0.1, 0.15) is 25.3 Å². The summed E-state index contributed by atoms with van der Waals surface area (Å²) in [5.41, 5.74) is 2.66. The van der Waals surface area contributed by atoms with Gasteiger partial charge in [-0.1, -0.05) is 12.1 Å². The molecule has 0 aromatic heterocycles. The number of piperidine rings is 1. The highest BCUT2D eigenvalue weighted by molar-refractivity contribution is 5.47. The maximum atomic E-state index is 9.40. The van der Waals surface area contributed by atoms with Crippen LogP contribution in [-0.2, 0) is 11.3 Å². The monoisotopic (exact) mass is 304 g/mol. The number of benzene rings is 1. The van der Waals surface area contributed by atoms with Gasteiger partial charge in [-0.2, -0.15) is 0 Å².